The molecule has 50 heavy (non-hydrogen) atoms. The summed E-state index contributed by atoms with van der Waals surface area (Å²) in [6.07, 6.45) is 0.450. The van der Waals surface area contributed by atoms with Crippen molar-refractivity contribution in [1.29, 1.82) is 0 Å². The SMILES string of the molecule is COc1ccc(C2=NN(C(=O)CSc3nnc(CNC(=O)c4cccc(F)c4)n3Cc3ccccc3)[C@H](c3cccc(OC)c3OC)C2)cc1. The summed E-state index contributed by atoms with van der Waals surface area (Å²) >= 11 is 1.23. The molecule has 0 saturated carbocycles. The Morgan fingerprint density at radius 2 is 1.68 bits per heavy atom. The molecule has 0 saturated heterocycles. The molecular weight excluding hydrogens is 660 g/mol. The number of carbonyl (C=O) groups excluding carboxylic acids is 2. The molecular formula is C37H35FN6O5S. The molecule has 0 aliphatic carbocycles. The molecule has 6 rings (SSSR count). The quantitative estimate of drug-likeness (QED) is 0.152. The first kappa shape index (κ1) is 34.2. The molecule has 0 unspecified atom stereocenters. The average Bonchev–Trinajstić information content (AvgIpc) is 3.77. The van der Waals surface area contributed by atoms with Crippen LogP contribution in [0.2, 0.25) is 0 Å². The highest BCUT2D eigenvalue weighted by Crippen LogP contribution is 2.42. The molecule has 1 N–H and O–H groups in total. The van der Waals surface area contributed by atoms with E-state index in [1.54, 1.807) is 21.3 Å². The maximum absolute atomic E-state index is 14.1. The number of para-hydroxylation sites is 1. The van der Waals surface area contributed by atoms with Gasteiger partial charge in [-0.1, -0.05) is 60.3 Å². The van der Waals surface area contributed by atoms with E-state index in [-0.39, 0.29) is 23.8 Å². The predicted octanol–water partition coefficient (Wildman–Crippen LogP) is 5.89. The van der Waals surface area contributed by atoms with Crippen LogP contribution in [0.5, 0.6) is 17.2 Å². The van der Waals surface area contributed by atoms with Gasteiger partial charge in [-0.2, -0.15) is 5.10 Å². The average molecular weight is 695 g/mol. The third-order valence-electron chi connectivity index (χ3n) is 8.18. The second kappa shape index (κ2) is 15.7. The zero-order valence-electron chi connectivity index (χ0n) is 27.7. The van der Waals surface area contributed by atoms with E-state index in [4.69, 9.17) is 19.3 Å². The molecule has 13 heteroatoms. The van der Waals surface area contributed by atoms with Crippen LogP contribution in [0.25, 0.3) is 0 Å². The first-order valence-electron chi connectivity index (χ1n) is 15.8. The smallest absolute Gasteiger partial charge is 0.253 e. The van der Waals surface area contributed by atoms with Crippen LogP contribution in [-0.2, 0) is 17.9 Å². The maximum atomic E-state index is 14.1. The van der Waals surface area contributed by atoms with Gasteiger partial charge in [0, 0.05) is 17.5 Å². The number of hydrazone groups is 1. The fraction of sp³-hybridized carbons (Fsp3) is 0.216. The standard InChI is InChI=1S/C37H35FN6O5S/c1-47-28-17-15-25(16-18-28)30-20-31(29-13-8-14-32(48-2)35(29)49-3)44(42-30)34(45)23-50-37-41-40-33(43(37)22-24-9-5-4-6-10-24)21-39-36(46)26-11-7-12-27(38)19-26/h4-19,31H,20-23H2,1-3H3,(H,39,46)/t31-/m0/s1. The zero-order chi connectivity index (χ0) is 35.0. The van der Waals surface area contributed by atoms with Crippen molar-refractivity contribution in [2.24, 2.45) is 5.10 Å². The van der Waals surface area contributed by atoms with E-state index < -0.39 is 17.8 Å². The van der Waals surface area contributed by atoms with Crippen LogP contribution < -0.4 is 19.5 Å². The van der Waals surface area contributed by atoms with Gasteiger partial charge in [0.25, 0.3) is 11.8 Å². The number of benzene rings is 4. The van der Waals surface area contributed by atoms with Crippen molar-refractivity contribution < 1.29 is 28.2 Å². The third kappa shape index (κ3) is 7.62. The van der Waals surface area contributed by atoms with E-state index >= 15 is 0 Å². The van der Waals surface area contributed by atoms with Gasteiger partial charge in [0.2, 0.25) is 0 Å². The molecule has 0 spiro atoms. The number of thioether (sulfide) groups is 1. The largest absolute Gasteiger partial charge is 0.497 e. The van der Waals surface area contributed by atoms with Gasteiger partial charge >= 0.3 is 0 Å². The Bertz CT molecular complexity index is 2000. The van der Waals surface area contributed by atoms with Crippen molar-refractivity contribution in [1.82, 2.24) is 25.1 Å². The molecule has 1 aromatic heterocycles. The highest BCUT2D eigenvalue weighted by atomic mass is 32.2. The van der Waals surface area contributed by atoms with Crippen molar-refractivity contribution in [3.05, 3.63) is 131 Å². The van der Waals surface area contributed by atoms with Crippen LogP contribution in [0, 0.1) is 5.82 Å². The monoisotopic (exact) mass is 694 g/mol. The summed E-state index contributed by atoms with van der Waals surface area (Å²) in [7, 11) is 4.75. The molecule has 5 aromatic rings. The van der Waals surface area contributed by atoms with Gasteiger partial charge in [0.05, 0.1) is 51.9 Å². The Labute approximate surface area is 293 Å². The number of rotatable bonds is 13. The number of halogens is 1. The normalized spacial score (nSPS) is 13.9. The lowest BCUT2D eigenvalue weighted by molar-refractivity contribution is -0.130. The fourth-order valence-electron chi connectivity index (χ4n) is 5.68. The van der Waals surface area contributed by atoms with Crippen molar-refractivity contribution in [3.63, 3.8) is 0 Å². The molecule has 256 valence electrons. The molecule has 1 atom stereocenters. The summed E-state index contributed by atoms with van der Waals surface area (Å²) in [5.41, 5.74) is 3.55. The minimum atomic E-state index is -0.501. The highest BCUT2D eigenvalue weighted by molar-refractivity contribution is 7.99. The summed E-state index contributed by atoms with van der Waals surface area (Å²) < 4.78 is 32.2. The molecule has 1 aliphatic rings. The van der Waals surface area contributed by atoms with Gasteiger partial charge in [-0.3, -0.25) is 9.59 Å². The molecule has 4 aromatic carbocycles. The number of hydrogen-bond donors (Lipinski definition) is 1. The number of carbonyl (C=O) groups is 2. The first-order chi connectivity index (χ1) is 24.4. The second-order valence-corrected chi connectivity index (χ2v) is 12.2. The number of hydrogen-bond acceptors (Lipinski definition) is 9. The van der Waals surface area contributed by atoms with Crippen molar-refractivity contribution in [2.75, 3.05) is 27.1 Å². The number of ether oxygens (including phenoxy) is 3. The van der Waals surface area contributed by atoms with Gasteiger partial charge in [-0.25, -0.2) is 9.40 Å². The molecule has 2 amide bonds. The lowest BCUT2D eigenvalue weighted by atomic mass is 9.97. The minimum absolute atomic E-state index is 0.00471. The van der Waals surface area contributed by atoms with E-state index in [0.29, 0.717) is 35.4 Å². The molecule has 1 aliphatic heterocycles. The zero-order valence-corrected chi connectivity index (χ0v) is 28.5. The topological polar surface area (TPSA) is 120 Å². The lowest BCUT2D eigenvalue weighted by Crippen LogP contribution is -2.29. The van der Waals surface area contributed by atoms with Crippen LogP contribution in [0.15, 0.2) is 107 Å². The van der Waals surface area contributed by atoms with Crippen LogP contribution >= 0.6 is 11.8 Å². The van der Waals surface area contributed by atoms with E-state index in [9.17, 15) is 14.0 Å². The van der Waals surface area contributed by atoms with Gasteiger partial charge in [0.1, 0.15) is 11.6 Å². The molecule has 2 heterocycles. The third-order valence-corrected chi connectivity index (χ3v) is 9.13. The van der Waals surface area contributed by atoms with Crippen molar-refractivity contribution in [3.8, 4) is 17.2 Å². The molecule has 0 fully saturated rings. The number of nitrogens with zero attached hydrogens (tertiary/aromatic N) is 5. The van der Waals surface area contributed by atoms with Crippen LogP contribution in [0.1, 0.15) is 45.3 Å². The van der Waals surface area contributed by atoms with Crippen LogP contribution in [0.3, 0.4) is 0 Å². The van der Waals surface area contributed by atoms with Gasteiger partial charge in [-0.05, 0) is 59.7 Å². The molecule has 0 bridgehead atoms. The summed E-state index contributed by atoms with van der Waals surface area (Å²) in [4.78, 5) is 26.8. The van der Waals surface area contributed by atoms with Gasteiger partial charge < -0.3 is 24.1 Å². The Morgan fingerprint density at radius 3 is 2.40 bits per heavy atom. The van der Waals surface area contributed by atoms with Gasteiger partial charge in [-0.15, -0.1) is 10.2 Å². The van der Waals surface area contributed by atoms with Crippen molar-refractivity contribution >= 4 is 29.3 Å². The number of methoxy groups -OCH3 is 3. The fourth-order valence-corrected chi connectivity index (χ4v) is 6.49. The van der Waals surface area contributed by atoms with E-state index in [0.717, 1.165) is 28.2 Å². The van der Waals surface area contributed by atoms with Crippen molar-refractivity contribution in [2.45, 2.75) is 30.7 Å². The Morgan fingerprint density at radius 1 is 0.900 bits per heavy atom. The number of aromatic nitrogens is 3. The number of nitrogens with one attached hydrogen (secondary N) is 1. The lowest BCUT2D eigenvalue weighted by Gasteiger charge is -2.24. The predicted molar refractivity (Wildman–Crippen MR) is 187 cm³/mol. The van der Waals surface area contributed by atoms with E-state index in [1.807, 2.05) is 77.4 Å². The van der Waals surface area contributed by atoms with Crippen LogP contribution in [0.4, 0.5) is 4.39 Å². The van der Waals surface area contributed by atoms with E-state index in [2.05, 4.69) is 15.5 Å². The summed E-state index contributed by atoms with van der Waals surface area (Å²) in [5.74, 6) is 1.10. The highest BCUT2D eigenvalue weighted by Gasteiger charge is 2.36. The molecule has 11 nitrogen and oxygen atoms in total. The second-order valence-electron chi connectivity index (χ2n) is 11.3. The summed E-state index contributed by atoms with van der Waals surface area (Å²) in [6, 6.07) is 27.9. The minimum Gasteiger partial charge on any atom is -0.497 e. The Balaban J connectivity index is 1.26. The van der Waals surface area contributed by atoms with Crippen LogP contribution in [-0.4, -0.2) is 64.4 Å². The summed E-state index contributed by atoms with van der Waals surface area (Å²) in [6.45, 7) is 0.450. The summed E-state index contributed by atoms with van der Waals surface area (Å²) in [5, 5.41) is 18.4. The molecule has 0 radical (unpaired) electrons. The van der Waals surface area contributed by atoms with E-state index in [1.165, 1.54) is 41.0 Å². The Hall–Kier alpha value is -5.69. The first-order valence-corrected chi connectivity index (χ1v) is 16.7. The Kier molecular flexibility index (Phi) is 10.7. The van der Waals surface area contributed by atoms with Gasteiger partial charge in [0.15, 0.2) is 22.5 Å². The number of amides is 2. The maximum Gasteiger partial charge on any atom is 0.253 e.